The van der Waals surface area contributed by atoms with Gasteiger partial charge in [0.2, 0.25) is 0 Å². The summed E-state index contributed by atoms with van der Waals surface area (Å²) in [5.74, 6) is -1.04. The number of halogens is 1. The molecule has 0 amide bonds. The van der Waals surface area contributed by atoms with Gasteiger partial charge in [-0.2, -0.15) is 0 Å². The van der Waals surface area contributed by atoms with Gasteiger partial charge >= 0.3 is 5.97 Å². The van der Waals surface area contributed by atoms with E-state index in [0.717, 1.165) is 34.7 Å². The molecule has 0 aliphatic carbocycles. The summed E-state index contributed by atoms with van der Waals surface area (Å²) >= 11 is 5.99. The fraction of sp³-hybridized carbons (Fsp3) is 0.182. The average molecular weight is 381 g/mol. The Morgan fingerprint density at radius 3 is 2.48 bits per heavy atom. The van der Waals surface area contributed by atoms with Crippen molar-refractivity contribution < 1.29 is 9.90 Å². The first-order valence-corrected chi connectivity index (χ1v) is 9.13. The molecule has 27 heavy (non-hydrogen) atoms. The average Bonchev–Trinajstić information content (AvgIpc) is 2.94. The second kappa shape index (κ2) is 7.80. The van der Waals surface area contributed by atoms with E-state index in [2.05, 4.69) is 24.0 Å². The number of aromatic nitrogens is 1. The van der Waals surface area contributed by atoms with Gasteiger partial charge in [-0.25, -0.2) is 4.79 Å². The number of aliphatic imine (C=N–C) groups is 1. The van der Waals surface area contributed by atoms with Crippen molar-refractivity contribution in [2.45, 2.75) is 27.2 Å². The fourth-order valence-electron chi connectivity index (χ4n) is 3.09. The maximum Gasteiger partial charge on any atom is 0.337 e. The van der Waals surface area contributed by atoms with Gasteiger partial charge in [-0.05, 0) is 62.2 Å². The number of hydrogen-bond acceptors (Lipinski definition) is 2. The Hall–Kier alpha value is -2.85. The molecular weight excluding hydrogens is 360 g/mol. The highest BCUT2D eigenvalue weighted by molar-refractivity contribution is 6.33. The first-order chi connectivity index (χ1) is 12.9. The number of carboxylic acid groups (broad SMARTS) is 1. The van der Waals surface area contributed by atoms with Crippen LogP contribution in [0.5, 0.6) is 0 Å². The molecule has 0 atom stereocenters. The molecule has 0 aliphatic rings. The van der Waals surface area contributed by atoms with Crippen molar-refractivity contribution in [3.8, 4) is 5.69 Å². The molecule has 0 saturated carbocycles. The molecule has 0 saturated heterocycles. The van der Waals surface area contributed by atoms with Crippen LogP contribution in [0.2, 0.25) is 5.02 Å². The van der Waals surface area contributed by atoms with E-state index >= 15 is 0 Å². The van der Waals surface area contributed by atoms with Crippen LogP contribution in [0.3, 0.4) is 0 Å². The van der Waals surface area contributed by atoms with Crippen LogP contribution in [-0.2, 0) is 6.42 Å². The molecule has 0 radical (unpaired) electrons. The lowest BCUT2D eigenvalue weighted by molar-refractivity contribution is 0.0697. The van der Waals surface area contributed by atoms with Crippen LogP contribution < -0.4 is 0 Å². The molecule has 0 unspecified atom stereocenters. The van der Waals surface area contributed by atoms with Crippen LogP contribution >= 0.6 is 11.6 Å². The van der Waals surface area contributed by atoms with Crippen LogP contribution in [0.25, 0.3) is 5.69 Å². The largest absolute Gasteiger partial charge is 0.478 e. The Labute approximate surface area is 163 Å². The van der Waals surface area contributed by atoms with Crippen molar-refractivity contribution in [3.05, 3.63) is 81.6 Å². The van der Waals surface area contributed by atoms with Gasteiger partial charge in [0.1, 0.15) is 0 Å². The molecule has 0 aliphatic heterocycles. The van der Waals surface area contributed by atoms with Gasteiger partial charge in [0.15, 0.2) is 0 Å². The molecule has 0 bridgehead atoms. The van der Waals surface area contributed by atoms with E-state index in [1.54, 1.807) is 12.1 Å². The molecule has 1 heterocycles. The highest BCUT2D eigenvalue weighted by atomic mass is 35.5. The quantitative estimate of drug-likeness (QED) is 0.572. The number of hydrogen-bond donors (Lipinski definition) is 1. The minimum absolute atomic E-state index is 0.0906. The van der Waals surface area contributed by atoms with Crippen LogP contribution in [0, 0.1) is 13.8 Å². The third-order valence-electron chi connectivity index (χ3n) is 4.61. The highest BCUT2D eigenvalue weighted by Crippen LogP contribution is 2.25. The van der Waals surface area contributed by atoms with E-state index < -0.39 is 5.97 Å². The standard InChI is InChI=1S/C22H21ClN2O2/c1-4-16-5-7-18(8-6-16)24-13-17-11-14(2)25(15(17)3)19-9-10-21(23)20(12-19)22(26)27/h5-13H,4H2,1-3H3,(H,26,27). The van der Waals surface area contributed by atoms with Crippen LogP contribution in [0.1, 0.15) is 39.8 Å². The molecule has 1 aromatic heterocycles. The second-order valence-electron chi connectivity index (χ2n) is 6.41. The van der Waals surface area contributed by atoms with E-state index in [-0.39, 0.29) is 10.6 Å². The molecule has 138 valence electrons. The monoisotopic (exact) mass is 380 g/mol. The smallest absolute Gasteiger partial charge is 0.337 e. The normalized spacial score (nSPS) is 11.3. The molecule has 3 aromatic rings. The van der Waals surface area contributed by atoms with Crippen LogP contribution in [0.4, 0.5) is 5.69 Å². The van der Waals surface area contributed by atoms with Crippen LogP contribution in [-0.4, -0.2) is 21.9 Å². The zero-order valence-electron chi connectivity index (χ0n) is 15.5. The van der Waals surface area contributed by atoms with Crippen molar-refractivity contribution in [2.24, 2.45) is 4.99 Å². The predicted octanol–water partition coefficient (Wildman–Crippen LogP) is 5.76. The van der Waals surface area contributed by atoms with E-state index in [4.69, 9.17) is 11.6 Å². The van der Waals surface area contributed by atoms with Crippen molar-refractivity contribution >= 4 is 29.5 Å². The molecule has 0 fully saturated rings. The summed E-state index contributed by atoms with van der Waals surface area (Å²) in [6.45, 7) is 6.10. The van der Waals surface area contributed by atoms with Gasteiger partial charge < -0.3 is 9.67 Å². The van der Waals surface area contributed by atoms with Crippen molar-refractivity contribution in [1.82, 2.24) is 4.57 Å². The Morgan fingerprint density at radius 1 is 1.15 bits per heavy atom. The third kappa shape index (κ3) is 3.96. The van der Waals surface area contributed by atoms with E-state index in [9.17, 15) is 9.90 Å². The summed E-state index contributed by atoms with van der Waals surface area (Å²) in [5, 5.41) is 9.54. The summed E-state index contributed by atoms with van der Waals surface area (Å²) in [6, 6.07) is 15.2. The first-order valence-electron chi connectivity index (χ1n) is 8.76. The molecule has 5 heteroatoms. The van der Waals surface area contributed by atoms with Gasteiger partial charge in [0, 0.05) is 28.9 Å². The summed E-state index contributed by atoms with van der Waals surface area (Å²) in [6.07, 6.45) is 2.85. The zero-order valence-corrected chi connectivity index (χ0v) is 16.3. The number of nitrogens with zero attached hydrogens (tertiary/aromatic N) is 2. The number of rotatable bonds is 5. The van der Waals surface area contributed by atoms with Crippen molar-refractivity contribution in [3.63, 3.8) is 0 Å². The van der Waals surface area contributed by atoms with Gasteiger partial charge in [-0.1, -0.05) is 30.7 Å². The molecule has 4 nitrogen and oxygen atoms in total. The van der Waals surface area contributed by atoms with Crippen molar-refractivity contribution in [1.29, 1.82) is 0 Å². The summed E-state index contributed by atoms with van der Waals surface area (Å²) < 4.78 is 2.00. The molecule has 0 spiro atoms. The van der Waals surface area contributed by atoms with Gasteiger partial charge in [-0.15, -0.1) is 0 Å². The third-order valence-corrected chi connectivity index (χ3v) is 4.94. The topological polar surface area (TPSA) is 54.6 Å². The maximum absolute atomic E-state index is 11.4. The maximum atomic E-state index is 11.4. The Balaban J connectivity index is 1.96. The number of benzene rings is 2. The Morgan fingerprint density at radius 2 is 1.85 bits per heavy atom. The Bertz CT molecular complexity index is 1020. The lowest BCUT2D eigenvalue weighted by Crippen LogP contribution is -2.03. The SMILES string of the molecule is CCc1ccc(N=Cc2cc(C)n(-c3ccc(Cl)c(C(=O)O)c3)c2C)cc1. The molecule has 2 aromatic carbocycles. The molecule has 1 N–H and O–H groups in total. The van der Waals surface area contributed by atoms with Gasteiger partial charge in [-0.3, -0.25) is 4.99 Å². The number of carbonyl (C=O) groups is 1. The summed E-state index contributed by atoms with van der Waals surface area (Å²) in [5.41, 5.74) is 6.00. The van der Waals surface area contributed by atoms with E-state index in [0.29, 0.717) is 0 Å². The molecule has 3 rings (SSSR count). The summed E-state index contributed by atoms with van der Waals surface area (Å²) in [4.78, 5) is 15.9. The minimum atomic E-state index is -1.04. The number of aromatic carboxylic acids is 1. The fourth-order valence-corrected chi connectivity index (χ4v) is 3.29. The van der Waals surface area contributed by atoms with E-state index in [1.807, 2.05) is 48.9 Å². The number of aryl methyl sites for hydroxylation is 2. The number of carboxylic acids is 1. The van der Waals surface area contributed by atoms with Crippen LogP contribution in [0.15, 0.2) is 53.5 Å². The second-order valence-corrected chi connectivity index (χ2v) is 6.82. The van der Waals surface area contributed by atoms with Gasteiger partial charge in [0.05, 0.1) is 16.3 Å². The predicted molar refractivity (Wildman–Crippen MR) is 110 cm³/mol. The zero-order chi connectivity index (χ0) is 19.6. The molecular formula is C22H21ClN2O2. The lowest BCUT2D eigenvalue weighted by atomic mass is 10.1. The summed E-state index contributed by atoms with van der Waals surface area (Å²) in [7, 11) is 0. The van der Waals surface area contributed by atoms with Gasteiger partial charge in [0.25, 0.3) is 0 Å². The first kappa shape index (κ1) is 18.9. The lowest BCUT2D eigenvalue weighted by Gasteiger charge is -2.11. The highest BCUT2D eigenvalue weighted by Gasteiger charge is 2.14. The minimum Gasteiger partial charge on any atom is -0.478 e. The Kier molecular flexibility index (Phi) is 5.47. The van der Waals surface area contributed by atoms with E-state index in [1.165, 1.54) is 5.56 Å². The van der Waals surface area contributed by atoms with Crippen molar-refractivity contribution in [2.75, 3.05) is 0 Å².